The number of rotatable bonds is 3. The van der Waals surface area contributed by atoms with Crippen molar-refractivity contribution in [3.8, 4) is 5.69 Å². The standard InChI is InChI=1S/C19H18N4O/c1-22(18-11-8-14-4-2-3-5-17(14)18)19(24)15-6-9-16(10-7-15)23-12-20-21-13-23/h2-7,9-10,12-13,18H,8,11H2,1H3. The fraction of sp³-hybridized carbons (Fsp3) is 0.211. The number of carbonyl (C=O) groups is 1. The Morgan fingerprint density at radius 1 is 1.08 bits per heavy atom. The Labute approximate surface area is 140 Å². The fourth-order valence-electron chi connectivity index (χ4n) is 3.39. The Morgan fingerprint density at radius 2 is 1.79 bits per heavy atom. The van der Waals surface area contributed by atoms with Gasteiger partial charge in [-0.3, -0.25) is 9.36 Å². The summed E-state index contributed by atoms with van der Waals surface area (Å²) < 4.78 is 1.81. The van der Waals surface area contributed by atoms with Crippen molar-refractivity contribution in [3.63, 3.8) is 0 Å². The number of amides is 1. The van der Waals surface area contributed by atoms with E-state index in [0.717, 1.165) is 18.5 Å². The van der Waals surface area contributed by atoms with E-state index in [1.807, 2.05) is 46.8 Å². The van der Waals surface area contributed by atoms with Crippen molar-refractivity contribution < 1.29 is 4.79 Å². The first-order valence-electron chi connectivity index (χ1n) is 8.04. The first-order valence-corrected chi connectivity index (χ1v) is 8.04. The highest BCUT2D eigenvalue weighted by Crippen LogP contribution is 2.35. The normalized spacial score (nSPS) is 16.0. The number of fused-ring (bicyclic) bond motifs is 1. The van der Waals surface area contributed by atoms with Gasteiger partial charge in [-0.05, 0) is 48.2 Å². The molecular weight excluding hydrogens is 300 g/mol. The molecule has 1 aromatic heterocycles. The van der Waals surface area contributed by atoms with E-state index < -0.39 is 0 Å². The molecule has 1 amide bonds. The molecule has 0 fully saturated rings. The summed E-state index contributed by atoms with van der Waals surface area (Å²) in [5, 5.41) is 7.59. The Hall–Kier alpha value is -2.95. The van der Waals surface area contributed by atoms with Crippen LogP contribution in [-0.2, 0) is 6.42 Å². The number of carbonyl (C=O) groups excluding carboxylic acids is 1. The van der Waals surface area contributed by atoms with Crippen LogP contribution in [0, 0.1) is 0 Å². The maximum Gasteiger partial charge on any atom is 0.254 e. The molecule has 3 aromatic rings. The predicted molar refractivity (Wildman–Crippen MR) is 91.0 cm³/mol. The van der Waals surface area contributed by atoms with Crippen molar-refractivity contribution in [1.82, 2.24) is 19.7 Å². The van der Waals surface area contributed by atoms with Gasteiger partial charge >= 0.3 is 0 Å². The Morgan fingerprint density at radius 3 is 2.54 bits per heavy atom. The molecule has 5 heteroatoms. The smallest absolute Gasteiger partial charge is 0.254 e. The predicted octanol–water partition coefficient (Wildman–Crippen LogP) is 3.03. The van der Waals surface area contributed by atoms with E-state index >= 15 is 0 Å². The van der Waals surface area contributed by atoms with Gasteiger partial charge in [0.1, 0.15) is 12.7 Å². The second kappa shape index (κ2) is 5.92. The van der Waals surface area contributed by atoms with E-state index in [2.05, 4.69) is 28.4 Å². The molecule has 5 nitrogen and oxygen atoms in total. The van der Waals surface area contributed by atoms with Gasteiger partial charge in [-0.15, -0.1) is 10.2 Å². The first-order chi connectivity index (χ1) is 11.7. The lowest BCUT2D eigenvalue weighted by atomic mass is 10.1. The van der Waals surface area contributed by atoms with Crippen LogP contribution in [-0.4, -0.2) is 32.6 Å². The molecule has 0 radical (unpaired) electrons. The van der Waals surface area contributed by atoms with Crippen molar-refractivity contribution in [1.29, 1.82) is 0 Å². The second-order valence-electron chi connectivity index (χ2n) is 6.09. The van der Waals surface area contributed by atoms with Gasteiger partial charge < -0.3 is 4.90 Å². The zero-order chi connectivity index (χ0) is 16.5. The van der Waals surface area contributed by atoms with Crippen LogP contribution in [0.15, 0.2) is 61.2 Å². The van der Waals surface area contributed by atoms with Gasteiger partial charge in [0.25, 0.3) is 5.91 Å². The maximum atomic E-state index is 12.8. The second-order valence-corrected chi connectivity index (χ2v) is 6.09. The Kier molecular flexibility index (Phi) is 3.61. The maximum absolute atomic E-state index is 12.8. The third-order valence-corrected chi connectivity index (χ3v) is 4.72. The molecule has 0 saturated heterocycles. The summed E-state index contributed by atoms with van der Waals surface area (Å²) in [5.41, 5.74) is 4.25. The molecule has 4 rings (SSSR count). The molecule has 0 spiro atoms. The van der Waals surface area contributed by atoms with Crippen molar-refractivity contribution in [2.24, 2.45) is 0 Å². The average molecular weight is 318 g/mol. The molecule has 1 atom stereocenters. The molecule has 0 bridgehead atoms. The zero-order valence-corrected chi connectivity index (χ0v) is 13.5. The Bertz CT molecular complexity index is 855. The quantitative estimate of drug-likeness (QED) is 0.746. The Balaban J connectivity index is 1.55. The summed E-state index contributed by atoms with van der Waals surface area (Å²) in [6.07, 6.45) is 5.29. The van der Waals surface area contributed by atoms with Crippen molar-refractivity contribution in [2.45, 2.75) is 18.9 Å². The number of aryl methyl sites for hydroxylation is 1. The van der Waals surface area contributed by atoms with Crippen LogP contribution < -0.4 is 0 Å². The van der Waals surface area contributed by atoms with Gasteiger partial charge in [-0.25, -0.2) is 0 Å². The number of nitrogens with zero attached hydrogens (tertiary/aromatic N) is 4. The summed E-state index contributed by atoms with van der Waals surface area (Å²) in [5.74, 6) is 0.0482. The number of hydrogen-bond acceptors (Lipinski definition) is 3. The van der Waals surface area contributed by atoms with E-state index in [-0.39, 0.29) is 11.9 Å². The van der Waals surface area contributed by atoms with Crippen molar-refractivity contribution >= 4 is 5.91 Å². The minimum atomic E-state index is 0.0482. The van der Waals surface area contributed by atoms with Crippen LogP contribution >= 0.6 is 0 Å². The monoisotopic (exact) mass is 318 g/mol. The molecule has 120 valence electrons. The molecule has 1 aliphatic carbocycles. The molecule has 2 aromatic carbocycles. The van der Waals surface area contributed by atoms with Crippen LogP contribution in [0.1, 0.15) is 33.9 Å². The number of hydrogen-bond donors (Lipinski definition) is 0. The molecular formula is C19H18N4O. The van der Waals surface area contributed by atoms with Gasteiger partial charge in [0, 0.05) is 18.3 Å². The van der Waals surface area contributed by atoms with Crippen molar-refractivity contribution in [2.75, 3.05) is 7.05 Å². The highest BCUT2D eigenvalue weighted by molar-refractivity contribution is 5.94. The minimum absolute atomic E-state index is 0.0482. The van der Waals surface area contributed by atoms with E-state index in [9.17, 15) is 4.79 Å². The van der Waals surface area contributed by atoms with E-state index in [4.69, 9.17) is 0 Å². The molecule has 0 N–H and O–H groups in total. The average Bonchev–Trinajstić information content (AvgIpc) is 3.30. The SMILES string of the molecule is CN(C(=O)c1ccc(-n2cnnc2)cc1)C1CCc2ccccc21. The first kappa shape index (κ1) is 14.6. The highest BCUT2D eigenvalue weighted by Gasteiger charge is 2.28. The lowest BCUT2D eigenvalue weighted by molar-refractivity contribution is 0.0730. The van der Waals surface area contributed by atoms with Crippen LogP contribution in [0.3, 0.4) is 0 Å². The molecule has 1 unspecified atom stereocenters. The van der Waals surface area contributed by atoms with Crippen molar-refractivity contribution in [3.05, 3.63) is 77.9 Å². The lowest BCUT2D eigenvalue weighted by Gasteiger charge is -2.25. The largest absolute Gasteiger partial charge is 0.335 e. The van der Waals surface area contributed by atoms with Crippen LogP contribution in [0.4, 0.5) is 0 Å². The van der Waals surface area contributed by atoms with Gasteiger partial charge in [0.15, 0.2) is 0 Å². The zero-order valence-electron chi connectivity index (χ0n) is 13.5. The van der Waals surface area contributed by atoms with Gasteiger partial charge in [0.05, 0.1) is 6.04 Å². The molecule has 0 saturated carbocycles. The summed E-state index contributed by atoms with van der Waals surface area (Å²) in [6, 6.07) is 16.1. The van der Waals surface area contributed by atoms with E-state index in [1.54, 1.807) is 12.7 Å². The van der Waals surface area contributed by atoms with E-state index in [0.29, 0.717) is 5.56 Å². The molecule has 1 heterocycles. The third-order valence-electron chi connectivity index (χ3n) is 4.72. The van der Waals surface area contributed by atoms with E-state index in [1.165, 1.54) is 11.1 Å². The summed E-state index contributed by atoms with van der Waals surface area (Å²) in [4.78, 5) is 14.7. The molecule has 24 heavy (non-hydrogen) atoms. The number of aromatic nitrogens is 3. The van der Waals surface area contributed by atoms with Gasteiger partial charge in [-0.1, -0.05) is 24.3 Å². The van der Waals surface area contributed by atoms with Crippen LogP contribution in [0.5, 0.6) is 0 Å². The highest BCUT2D eigenvalue weighted by atomic mass is 16.2. The lowest BCUT2D eigenvalue weighted by Crippen LogP contribution is -2.30. The molecule has 0 aliphatic heterocycles. The third kappa shape index (κ3) is 2.48. The topological polar surface area (TPSA) is 51.0 Å². The van der Waals surface area contributed by atoms with Gasteiger partial charge in [-0.2, -0.15) is 0 Å². The minimum Gasteiger partial charge on any atom is -0.335 e. The van der Waals surface area contributed by atoms with Crippen LogP contribution in [0.25, 0.3) is 5.69 Å². The van der Waals surface area contributed by atoms with Crippen LogP contribution in [0.2, 0.25) is 0 Å². The summed E-state index contributed by atoms with van der Waals surface area (Å²) in [7, 11) is 1.89. The summed E-state index contributed by atoms with van der Waals surface area (Å²) in [6.45, 7) is 0. The summed E-state index contributed by atoms with van der Waals surface area (Å²) >= 11 is 0. The van der Waals surface area contributed by atoms with Gasteiger partial charge in [0.2, 0.25) is 0 Å². The number of benzene rings is 2. The molecule has 1 aliphatic rings. The fourth-order valence-corrected chi connectivity index (χ4v) is 3.39.